The SMILES string of the molecule is CCN(CCCS(=O)(=O)N(C)C)CCOc1cccc(C)c1. The van der Waals surface area contributed by atoms with Crippen molar-refractivity contribution in [3.63, 3.8) is 0 Å². The zero-order chi connectivity index (χ0) is 16.6. The number of aryl methyl sites for hydroxylation is 1. The van der Waals surface area contributed by atoms with E-state index in [1.54, 1.807) is 14.1 Å². The molecule has 0 N–H and O–H groups in total. The van der Waals surface area contributed by atoms with E-state index in [-0.39, 0.29) is 5.75 Å². The second-order valence-corrected chi connectivity index (χ2v) is 7.85. The second-order valence-electron chi connectivity index (χ2n) is 5.55. The first-order chi connectivity index (χ1) is 10.3. The molecule has 0 amide bonds. The van der Waals surface area contributed by atoms with Crippen molar-refractivity contribution in [1.29, 1.82) is 0 Å². The Balaban J connectivity index is 2.31. The van der Waals surface area contributed by atoms with Gasteiger partial charge in [0.25, 0.3) is 0 Å². The maximum absolute atomic E-state index is 11.7. The van der Waals surface area contributed by atoms with Crippen molar-refractivity contribution in [3.8, 4) is 5.75 Å². The molecule has 0 spiro atoms. The smallest absolute Gasteiger partial charge is 0.213 e. The summed E-state index contributed by atoms with van der Waals surface area (Å²) in [7, 11) is 0.0491. The van der Waals surface area contributed by atoms with Crippen molar-refractivity contribution in [3.05, 3.63) is 29.8 Å². The fourth-order valence-electron chi connectivity index (χ4n) is 2.08. The van der Waals surface area contributed by atoms with Crippen LogP contribution in [0.25, 0.3) is 0 Å². The zero-order valence-electron chi connectivity index (χ0n) is 14.1. The highest BCUT2D eigenvalue weighted by Gasteiger charge is 2.13. The predicted molar refractivity (Wildman–Crippen MR) is 90.9 cm³/mol. The van der Waals surface area contributed by atoms with Gasteiger partial charge in [0.1, 0.15) is 12.4 Å². The Morgan fingerprint density at radius 2 is 1.91 bits per heavy atom. The fourth-order valence-corrected chi connectivity index (χ4v) is 2.94. The van der Waals surface area contributed by atoms with Crippen LogP contribution in [-0.2, 0) is 10.0 Å². The van der Waals surface area contributed by atoms with Gasteiger partial charge in [0, 0.05) is 20.6 Å². The summed E-state index contributed by atoms with van der Waals surface area (Å²) in [5.74, 6) is 1.07. The highest BCUT2D eigenvalue weighted by molar-refractivity contribution is 7.89. The van der Waals surface area contributed by atoms with Gasteiger partial charge in [0.15, 0.2) is 0 Å². The molecule has 126 valence electrons. The molecule has 1 aromatic rings. The number of hydrogen-bond acceptors (Lipinski definition) is 4. The Hall–Kier alpha value is -1.11. The summed E-state index contributed by atoms with van der Waals surface area (Å²) in [6.07, 6.45) is 0.638. The lowest BCUT2D eigenvalue weighted by Gasteiger charge is -2.21. The van der Waals surface area contributed by atoms with Crippen LogP contribution >= 0.6 is 0 Å². The molecule has 0 aliphatic carbocycles. The average molecular weight is 328 g/mol. The van der Waals surface area contributed by atoms with Gasteiger partial charge < -0.3 is 9.64 Å². The zero-order valence-corrected chi connectivity index (χ0v) is 14.9. The van der Waals surface area contributed by atoms with Gasteiger partial charge in [0.05, 0.1) is 5.75 Å². The van der Waals surface area contributed by atoms with Crippen LogP contribution in [0, 0.1) is 6.92 Å². The van der Waals surface area contributed by atoms with Gasteiger partial charge in [-0.1, -0.05) is 19.1 Å². The maximum Gasteiger partial charge on any atom is 0.213 e. The van der Waals surface area contributed by atoms with Gasteiger partial charge >= 0.3 is 0 Å². The summed E-state index contributed by atoms with van der Waals surface area (Å²) in [6, 6.07) is 7.98. The lowest BCUT2D eigenvalue weighted by atomic mass is 10.2. The van der Waals surface area contributed by atoms with E-state index >= 15 is 0 Å². The Kier molecular flexibility index (Phi) is 7.85. The molecule has 0 fully saturated rings. The topological polar surface area (TPSA) is 49.9 Å². The number of hydrogen-bond donors (Lipinski definition) is 0. The first-order valence-corrected chi connectivity index (χ1v) is 9.28. The quantitative estimate of drug-likeness (QED) is 0.659. The van der Waals surface area contributed by atoms with Crippen LogP contribution in [0.2, 0.25) is 0 Å². The third-order valence-corrected chi connectivity index (χ3v) is 5.46. The number of benzene rings is 1. The molecular formula is C16H28N2O3S. The van der Waals surface area contributed by atoms with E-state index in [4.69, 9.17) is 4.74 Å². The lowest BCUT2D eigenvalue weighted by Crippen LogP contribution is -2.32. The van der Waals surface area contributed by atoms with Crippen LogP contribution in [0.3, 0.4) is 0 Å². The minimum absolute atomic E-state index is 0.190. The van der Waals surface area contributed by atoms with Gasteiger partial charge in [-0.05, 0) is 44.1 Å². The minimum atomic E-state index is -3.09. The van der Waals surface area contributed by atoms with E-state index in [1.165, 1.54) is 9.87 Å². The summed E-state index contributed by atoms with van der Waals surface area (Å²) in [5.41, 5.74) is 1.18. The number of nitrogens with zero attached hydrogens (tertiary/aromatic N) is 2. The Morgan fingerprint density at radius 3 is 2.50 bits per heavy atom. The van der Waals surface area contributed by atoms with Gasteiger partial charge in [-0.2, -0.15) is 0 Å². The van der Waals surface area contributed by atoms with Gasteiger partial charge in [-0.25, -0.2) is 12.7 Å². The Bertz CT molecular complexity index is 544. The highest BCUT2D eigenvalue weighted by Crippen LogP contribution is 2.12. The van der Waals surface area contributed by atoms with Crippen molar-refractivity contribution < 1.29 is 13.2 Å². The van der Waals surface area contributed by atoms with Crippen LogP contribution in [-0.4, -0.2) is 63.7 Å². The molecule has 6 heteroatoms. The molecule has 1 aromatic carbocycles. The first kappa shape index (κ1) is 18.9. The van der Waals surface area contributed by atoms with Crippen LogP contribution < -0.4 is 4.74 Å². The second kappa shape index (κ2) is 9.12. The molecule has 0 radical (unpaired) electrons. The summed E-state index contributed by atoms with van der Waals surface area (Å²) in [5, 5.41) is 0. The van der Waals surface area contributed by atoms with E-state index < -0.39 is 10.0 Å². The van der Waals surface area contributed by atoms with Crippen molar-refractivity contribution in [2.75, 3.05) is 46.1 Å². The molecule has 0 atom stereocenters. The molecule has 0 saturated carbocycles. The normalized spacial score (nSPS) is 12.1. The summed E-state index contributed by atoms with van der Waals surface area (Å²) in [4.78, 5) is 2.21. The maximum atomic E-state index is 11.7. The molecule has 1 rings (SSSR count). The Morgan fingerprint density at radius 1 is 1.18 bits per heavy atom. The molecule has 22 heavy (non-hydrogen) atoms. The Labute approximate surface area is 134 Å². The third kappa shape index (κ3) is 6.77. The molecule has 0 unspecified atom stereocenters. The van der Waals surface area contributed by atoms with E-state index in [0.29, 0.717) is 13.0 Å². The summed E-state index contributed by atoms with van der Waals surface area (Å²) >= 11 is 0. The number of ether oxygens (including phenoxy) is 1. The number of rotatable bonds is 10. The van der Waals surface area contributed by atoms with Gasteiger partial charge in [-0.15, -0.1) is 0 Å². The van der Waals surface area contributed by atoms with Gasteiger partial charge in [-0.3, -0.25) is 0 Å². The van der Waals surface area contributed by atoms with E-state index in [2.05, 4.69) is 11.8 Å². The number of likely N-dealkylation sites (N-methyl/N-ethyl adjacent to an activating group) is 1. The highest BCUT2D eigenvalue weighted by atomic mass is 32.2. The predicted octanol–water partition coefficient (Wildman–Crippen LogP) is 1.98. The van der Waals surface area contributed by atoms with E-state index in [0.717, 1.165) is 25.4 Å². The van der Waals surface area contributed by atoms with Crippen molar-refractivity contribution in [2.24, 2.45) is 0 Å². The molecular weight excluding hydrogens is 300 g/mol. The van der Waals surface area contributed by atoms with Crippen molar-refractivity contribution in [2.45, 2.75) is 20.3 Å². The minimum Gasteiger partial charge on any atom is -0.492 e. The molecule has 0 aliphatic heterocycles. The molecule has 0 aromatic heterocycles. The molecule has 5 nitrogen and oxygen atoms in total. The standard InChI is InChI=1S/C16H28N2O3S/c1-5-18(10-7-13-22(19,20)17(3)4)11-12-21-16-9-6-8-15(2)14-16/h6,8-9,14H,5,7,10-13H2,1-4H3. The van der Waals surface area contributed by atoms with Crippen LogP contribution in [0.5, 0.6) is 5.75 Å². The van der Waals surface area contributed by atoms with Gasteiger partial charge in [0.2, 0.25) is 10.0 Å². The van der Waals surface area contributed by atoms with Crippen LogP contribution in [0.4, 0.5) is 0 Å². The monoisotopic (exact) mass is 328 g/mol. The van der Waals surface area contributed by atoms with Crippen LogP contribution in [0.15, 0.2) is 24.3 Å². The molecule has 0 aliphatic rings. The third-order valence-electron chi connectivity index (χ3n) is 3.55. The largest absolute Gasteiger partial charge is 0.492 e. The fraction of sp³-hybridized carbons (Fsp3) is 0.625. The number of sulfonamides is 1. The average Bonchev–Trinajstić information content (AvgIpc) is 2.45. The van der Waals surface area contributed by atoms with Crippen molar-refractivity contribution >= 4 is 10.0 Å². The molecule has 0 heterocycles. The molecule has 0 saturated heterocycles. The summed E-state index contributed by atoms with van der Waals surface area (Å²) in [6.45, 7) is 7.17. The van der Waals surface area contributed by atoms with Crippen LogP contribution in [0.1, 0.15) is 18.9 Å². The summed E-state index contributed by atoms with van der Waals surface area (Å²) < 4.78 is 30.4. The first-order valence-electron chi connectivity index (χ1n) is 7.67. The van der Waals surface area contributed by atoms with E-state index in [9.17, 15) is 8.42 Å². The van der Waals surface area contributed by atoms with Crippen molar-refractivity contribution in [1.82, 2.24) is 9.21 Å². The molecule has 0 bridgehead atoms. The van der Waals surface area contributed by atoms with E-state index in [1.807, 2.05) is 31.2 Å². The lowest BCUT2D eigenvalue weighted by molar-refractivity contribution is 0.216.